The second-order valence-corrected chi connectivity index (χ2v) is 5.16. The van der Waals surface area contributed by atoms with Crippen molar-refractivity contribution in [3.05, 3.63) is 35.1 Å². The highest BCUT2D eigenvalue weighted by atomic mass is 35.5. The average Bonchev–Trinajstić information content (AvgIpc) is 2.85. The Labute approximate surface area is 133 Å². The van der Waals surface area contributed by atoms with Gasteiger partial charge in [-0.1, -0.05) is 12.1 Å². The Hall–Kier alpha value is -1.66. The van der Waals surface area contributed by atoms with Gasteiger partial charge in [0.2, 0.25) is 5.91 Å². The molecule has 0 bridgehead atoms. The van der Waals surface area contributed by atoms with Crippen LogP contribution in [-0.4, -0.2) is 24.9 Å². The second-order valence-electron chi connectivity index (χ2n) is 5.16. The molecule has 1 amide bonds. The molecular formula is C15H19ClF2N2O2. The summed E-state index contributed by atoms with van der Waals surface area (Å²) < 4.78 is 31.4. The number of nitrogens with one attached hydrogen (secondary N) is 1. The number of carbonyl (C=O) groups is 1. The Morgan fingerprint density at radius 1 is 1.36 bits per heavy atom. The molecule has 0 spiro atoms. The van der Waals surface area contributed by atoms with Gasteiger partial charge in [-0.15, -0.1) is 12.4 Å². The Kier molecular flexibility index (Phi) is 5.91. The molecule has 0 unspecified atom stereocenters. The van der Waals surface area contributed by atoms with Crippen LogP contribution in [0.2, 0.25) is 0 Å². The molecule has 0 radical (unpaired) electrons. The third kappa shape index (κ3) is 3.96. The number of hydrogen-bond acceptors (Lipinski definition) is 3. The van der Waals surface area contributed by atoms with Crippen molar-refractivity contribution in [2.24, 2.45) is 5.73 Å². The normalized spacial score (nSPS) is 11.3. The molecule has 7 heteroatoms. The van der Waals surface area contributed by atoms with Crippen molar-refractivity contribution in [3.8, 4) is 0 Å². The van der Waals surface area contributed by atoms with Gasteiger partial charge < -0.3 is 15.5 Å². The van der Waals surface area contributed by atoms with Gasteiger partial charge in [0.05, 0.1) is 25.8 Å². The van der Waals surface area contributed by atoms with Crippen LogP contribution in [0.1, 0.15) is 16.7 Å². The quantitative estimate of drug-likeness (QED) is 0.884. The molecule has 2 rings (SSSR count). The summed E-state index contributed by atoms with van der Waals surface area (Å²) in [6, 6.07) is 3.81. The van der Waals surface area contributed by atoms with Crippen molar-refractivity contribution in [3.63, 3.8) is 0 Å². The molecule has 0 aliphatic carbocycles. The minimum Gasteiger partial charge on any atom is -0.464 e. The van der Waals surface area contributed by atoms with E-state index in [0.717, 1.165) is 22.1 Å². The van der Waals surface area contributed by atoms with Crippen molar-refractivity contribution >= 4 is 29.3 Å². The molecule has 0 aliphatic rings. The van der Waals surface area contributed by atoms with E-state index in [2.05, 4.69) is 5.32 Å². The van der Waals surface area contributed by atoms with Gasteiger partial charge in [-0.2, -0.15) is 0 Å². The number of halogens is 3. The number of aryl methyl sites for hydroxylation is 2. The van der Waals surface area contributed by atoms with Crippen LogP contribution in [0.5, 0.6) is 0 Å². The number of benzene rings is 1. The van der Waals surface area contributed by atoms with E-state index >= 15 is 0 Å². The van der Waals surface area contributed by atoms with Crippen LogP contribution in [0.15, 0.2) is 22.8 Å². The van der Waals surface area contributed by atoms with E-state index in [9.17, 15) is 13.6 Å². The van der Waals surface area contributed by atoms with Gasteiger partial charge in [-0.25, -0.2) is 8.78 Å². The number of carbonyl (C=O) groups excluding carboxylic acids is 1. The maximum Gasteiger partial charge on any atom is 0.277 e. The first kappa shape index (κ1) is 18.4. The largest absolute Gasteiger partial charge is 0.464 e. The van der Waals surface area contributed by atoms with Crippen molar-refractivity contribution in [2.75, 3.05) is 13.1 Å². The standard InChI is InChI=1S/C15H18F2N2O2.ClH/c1-9-3-4-12-11(6-21-14(12)10(9)2)5-13(20)19-8-15(16,17)7-18;/h3-4,6H,5,7-8,18H2,1-2H3,(H,19,20);1H. The summed E-state index contributed by atoms with van der Waals surface area (Å²) in [5, 5.41) is 3.02. The zero-order valence-electron chi connectivity index (χ0n) is 12.4. The van der Waals surface area contributed by atoms with Crippen LogP contribution in [0, 0.1) is 13.8 Å². The lowest BCUT2D eigenvalue weighted by Gasteiger charge is -2.14. The molecule has 122 valence electrons. The summed E-state index contributed by atoms with van der Waals surface area (Å²) in [6.07, 6.45) is 1.49. The lowest BCUT2D eigenvalue weighted by molar-refractivity contribution is -0.122. The number of alkyl halides is 2. The number of fused-ring (bicyclic) bond motifs is 1. The lowest BCUT2D eigenvalue weighted by Crippen LogP contribution is -2.42. The molecule has 1 heterocycles. The van der Waals surface area contributed by atoms with Crippen molar-refractivity contribution < 1.29 is 18.0 Å². The van der Waals surface area contributed by atoms with Gasteiger partial charge in [-0.05, 0) is 25.0 Å². The van der Waals surface area contributed by atoms with E-state index < -0.39 is 24.9 Å². The molecule has 3 N–H and O–H groups in total. The number of hydrogen-bond donors (Lipinski definition) is 2. The third-order valence-corrected chi connectivity index (χ3v) is 3.54. The summed E-state index contributed by atoms with van der Waals surface area (Å²) in [5.74, 6) is -3.56. The van der Waals surface area contributed by atoms with Crippen LogP contribution in [0.3, 0.4) is 0 Å². The minimum absolute atomic E-state index is 0. The molecule has 0 fully saturated rings. The predicted molar refractivity (Wildman–Crippen MR) is 83.7 cm³/mol. The van der Waals surface area contributed by atoms with Crippen LogP contribution < -0.4 is 11.1 Å². The fourth-order valence-corrected chi connectivity index (χ4v) is 2.06. The number of rotatable bonds is 5. The third-order valence-electron chi connectivity index (χ3n) is 3.54. The zero-order chi connectivity index (χ0) is 15.6. The number of furan rings is 1. The summed E-state index contributed by atoms with van der Waals surface area (Å²) >= 11 is 0. The van der Waals surface area contributed by atoms with Crippen molar-refractivity contribution in [2.45, 2.75) is 26.2 Å². The fraction of sp³-hybridized carbons (Fsp3) is 0.400. The topological polar surface area (TPSA) is 68.3 Å². The van der Waals surface area contributed by atoms with Crippen LogP contribution in [0.4, 0.5) is 8.78 Å². The molecule has 2 aromatic rings. The molecule has 1 aromatic heterocycles. The van der Waals surface area contributed by atoms with Gasteiger partial charge in [0.25, 0.3) is 5.92 Å². The summed E-state index contributed by atoms with van der Waals surface area (Å²) in [7, 11) is 0. The van der Waals surface area contributed by atoms with E-state index in [-0.39, 0.29) is 18.8 Å². The molecular weight excluding hydrogens is 314 g/mol. The zero-order valence-corrected chi connectivity index (χ0v) is 13.2. The van der Waals surface area contributed by atoms with Crippen LogP contribution in [-0.2, 0) is 11.2 Å². The first-order chi connectivity index (χ1) is 9.84. The highest BCUT2D eigenvalue weighted by Gasteiger charge is 2.27. The maximum atomic E-state index is 13.0. The van der Waals surface area contributed by atoms with E-state index in [1.807, 2.05) is 26.0 Å². The molecule has 0 aliphatic heterocycles. The van der Waals surface area contributed by atoms with Crippen LogP contribution >= 0.6 is 12.4 Å². The molecule has 0 saturated carbocycles. The highest BCUT2D eigenvalue weighted by Crippen LogP contribution is 2.26. The first-order valence-corrected chi connectivity index (χ1v) is 6.65. The van der Waals surface area contributed by atoms with E-state index in [1.54, 1.807) is 0 Å². The Morgan fingerprint density at radius 2 is 2.05 bits per heavy atom. The Morgan fingerprint density at radius 3 is 2.68 bits per heavy atom. The van der Waals surface area contributed by atoms with Crippen molar-refractivity contribution in [1.29, 1.82) is 0 Å². The lowest BCUT2D eigenvalue weighted by atomic mass is 10.0. The molecule has 4 nitrogen and oxygen atoms in total. The number of nitrogens with two attached hydrogens (primary N) is 1. The second kappa shape index (κ2) is 7.07. The van der Waals surface area contributed by atoms with E-state index in [0.29, 0.717) is 5.56 Å². The Balaban J connectivity index is 0.00000242. The first-order valence-electron chi connectivity index (χ1n) is 6.65. The fourth-order valence-electron chi connectivity index (χ4n) is 2.06. The van der Waals surface area contributed by atoms with E-state index in [4.69, 9.17) is 10.2 Å². The average molecular weight is 333 g/mol. The highest BCUT2D eigenvalue weighted by molar-refractivity contribution is 5.89. The summed E-state index contributed by atoms with van der Waals surface area (Å²) in [6.45, 7) is 2.36. The molecule has 22 heavy (non-hydrogen) atoms. The number of amides is 1. The molecule has 0 saturated heterocycles. The van der Waals surface area contributed by atoms with Gasteiger partial charge in [0.15, 0.2) is 0 Å². The maximum absolute atomic E-state index is 13.0. The Bertz CT molecular complexity index is 671. The summed E-state index contributed by atoms with van der Waals surface area (Å²) in [5.41, 5.74) is 8.43. The monoisotopic (exact) mass is 332 g/mol. The van der Waals surface area contributed by atoms with Crippen LogP contribution in [0.25, 0.3) is 11.0 Å². The summed E-state index contributed by atoms with van der Waals surface area (Å²) in [4.78, 5) is 11.7. The smallest absolute Gasteiger partial charge is 0.277 e. The SMILES string of the molecule is Cc1ccc2c(CC(=O)NCC(F)(F)CN)coc2c1C.Cl. The van der Waals surface area contributed by atoms with Gasteiger partial charge in [0, 0.05) is 10.9 Å². The van der Waals surface area contributed by atoms with Gasteiger partial charge in [-0.3, -0.25) is 4.79 Å². The van der Waals surface area contributed by atoms with E-state index in [1.165, 1.54) is 6.26 Å². The minimum atomic E-state index is -3.08. The molecule has 0 atom stereocenters. The van der Waals surface area contributed by atoms with Gasteiger partial charge in [0.1, 0.15) is 5.58 Å². The molecule has 1 aromatic carbocycles. The van der Waals surface area contributed by atoms with Crippen molar-refractivity contribution in [1.82, 2.24) is 5.32 Å². The van der Waals surface area contributed by atoms with Gasteiger partial charge >= 0.3 is 0 Å². The predicted octanol–water partition coefficient (Wildman–Crippen LogP) is 2.72.